The Kier molecular flexibility index (Phi) is 5.11. The van der Waals surface area contributed by atoms with Crippen molar-refractivity contribution in [3.63, 3.8) is 0 Å². The summed E-state index contributed by atoms with van der Waals surface area (Å²) in [6.07, 6.45) is 5.47. The van der Waals surface area contributed by atoms with Gasteiger partial charge in [0.15, 0.2) is 0 Å². The molecule has 1 aromatic heterocycles. The van der Waals surface area contributed by atoms with Gasteiger partial charge in [-0.25, -0.2) is 0 Å². The fourth-order valence-corrected chi connectivity index (χ4v) is 3.17. The van der Waals surface area contributed by atoms with Crippen LogP contribution < -0.4 is 10.5 Å². The highest BCUT2D eigenvalue weighted by molar-refractivity contribution is 5.76. The second kappa shape index (κ2) is 7.45. The number of carbonyl (C=O) groups is 1. The molecule has 24 heavy (non-hydrogen) atoms. The molecule has 0 aliphatic carbocycles. The Balaban J connectivity index is 1.68. The number of primary amides is 1. The van der Waals surface area contributed by atoms with Crippen molar-refractivity contribution in [3.05, 3.63) is 48.3 Å². The number of piperidine rings is 1. The Bertz CT molecular complexity index is 709. The van der Waals surface area contributed by atoms with Crippen LogP contribution in [0.1, 0.15) is 18.4 Å². The molecule has 2 heterocycles. The van der Waals surface area contributed by atoms with Crippen molar-refractivity contribution in [1.82, 2.24) is 9.88 Å². The Morgan fingerprint density at radius 3 is 2.75 bits per heavy atom. The molecule has 1 aliphatic heterocycles. The van der Waals surface area contributed by atoms with Gasteiger partial charge in [-0.2, -0.15) is 0 Å². The highest BCUT2D eigenvalue weighted by atomic mass is 16.5. The van der Waals surface area contributed by atoms with E-state index in [9.17, 15) is 4.79 Å². The molecule has 0 unspecified atom stereocenters. The zero-order chi connectivity index (χ0) is 16.9. The van der Waals surface area contributed by atoms with Gasteiger partial charge in [-0.1, -0.05) is 12.1 Å². The number of carbonyl (C=O) groups excluding carboxylic acids is 1. The first-order valence-corrected chi connectivity index (χ1v) is 8.26. The maximum Gasteiger partial charge on any atom is 0.220 e. The third-order valence-electron chi connectivity index (χ3n) is 4.59. The number of nitrogens with zero attached hydrogens (tertiary/aromatic N) is 2. The molecular weight excluding hydrogens is 302 g/mol. The quantitative estimate of drug-likeness (QED) is 0.917. The number of pyridine rings is 1. The lowest BCUT2D eigenvalue weighted by Gasteiger charge is -2.30. The summed E-state index contributed by atoms with van der Waals surface area (Å²) in [5, 5.41) is 0. The molecule has 126 valence electrons. The average molecular weight is 325 g/mol. The number of hydrogen-bond donors (Lipinski definition) is 1. The zero-order valence-electron chi connectivity index (χ0n) is 13.9. The van der Waals surface area contributed by atoms with Crippen molar-refractivity contribution in [2.24, 2.45) is 11.7 Å². The summed E-state index contributed by atoms with van der Waals surface area (Å²) in [5.74, 6) is 0.699. The molecule has 0 spiro atoms. The Hall–Kier alpha value is -2.40. The lowest BCUT2D eigenvalue weighted by Crippen LogP contribution is -2.38. The van der Waals surface area contributed by atoms with Crippen LogP contribution >= 0.6 is 0 Å². The molecule has 1 fully saturated rings. The van der Waals surface area contributed by atoms with Crippen molar-refractivity contribution in [2.75, 3.05) is 20.2 Å². The SMILES string of the molecule is COc1cccc(-c2cncc(CN3CCC(C(N)=O)CC3)c2)c1. The number of amides is 1. The maximum atomic E-state index is 11.3. The molecule has 1 aromatic carbocycles. The molecule has 2 N–H and O–H groups in total. The minimum absolute atomic E-state index is 0.0301. The predicted octanol–water partition coefficient (Wildman–Crippen LogP) is 2.45. The van der Waals surface area contributed by atoms with Crippen molar-refractivity contribution < 1.29 is 9.53 Å². The number of ether oxygens (including phenoxy) is 1. The molecule has 1 saturated heterocycles. The minimum atomic E-state index is -0.170. The van der Waals surface area contributed by atoms with Gasteiger partial charge >= 0.3 is 0 Å². The summed E-state index contributed by atoms with van der Waals surface area (Å²) >= 11 is 0. The van der Waals surface area contributed by atoms with E-state index in [0.29, 0.717) is 0 Å². The first kappa shape index (κ1) is 16.5. The van der Waals surface area contributed by atoms with Crippen LogP contribution in [0.25, 0.3) is 11.1 Å². The number of rotatable bonds is 5. The molecule has 5 nitrogen and oxygen atoms in total. The fourth-order valence-electron chi connectivity index (χ4n) is 3.17. The Labute approximate surface area is 142 Å². The van der Waals surface area contributed by atoms with Crippen LogP contribution in [0.15, 0.2) is 42.7 Å². The summed E-state index contributed by atoms with van der Waals surface area (Å²) < 4.78 is 5.29. The smallest absolute Gasteiger partial charge is 0.220 e. The lowest BCUT2D eigenvalue weighted by atomic mass is 9.96. The predicted molar refractivity (Wildman–Crippen MR) is 93.4 cm³/mol. The molecule has 0 radical (unpaired) electrons. The lowest BCUT2D eigenvalue weighted by molar-refractivity contribution is -0.123. The molecule has 0 bridgehead atoms. The van der Waals surface area contributed by atoms with Crippen LogP contribution in [-0.2, 0) is 11.3 Å². The monoisotopic (exact) mass is 325 g/mol. The van der Waals surface area contributed by atoms with E-state index in [1.165, 1.54) is 5.56 Å². The van der Waals surface area contributed by atoms with Gasteiger partial charge in [0.25, 0.3) is 0 Å². The second-order valence-corrected chi connectivity index (χ2v) is 6.27. The number of aromatic nitrogens is 1. The highest BCUT2D eigenvalue weighted by Gasteiger charge is 2.23. The van der Waals surface area contributed by atoms with Crippen LogP contribution in [-0.4, -0.2) is 36.0 Å². The molecule has 2 aromatic rings. The van der Waals surface area contributed by atoms with Crippen LogP contribution in [0.5, 0.6) is 5.75 Å². The summed E-state index contributed by atoms with van der Waals surface area (Å²) in [7, 11) is 1.67. The normalized spacial score (nSPS) is 16.0. The van der Waals surface area contributed by atoms with Crippen LogP contribution in [0.3, 0.4) is 0 Å². The highest BCUT2D eigenvalue weighted by Crippen LogP contribution is 2.25. The first-order valence-electron chi connectivity index (χ1n) is 8.26. The van der Waals surface area contributed by atoms with E-state index in [2.05, 4.69) is 22.0 Å². The molecule has 0 saturated carbocycles. The standard InChI is InChI=1S/C19H23N3O2/c1-24-18-4-2-3-16(10-18)17-9-14(11-21-12-17)13-22-7-5-15(6-8-22)19(20)23/h2-4,9-12,15H,5-8,13H2,1H3,(H2,20,23). The molecule has 3 rings (SSSR count). The number of methoxy groups -OCH3 is 1. The first-order chi connectivity index (χ1) is 11.7. The summed E-state index contributed by atoms with van der Waals surface area (Å²) in [6, 6.07) is 10.2. The maximum absolute atomic E-state index is 11.3. The Morgan fingerprint density at radius 2 is 2.04 bits per heavy atom. The van der Waals surface area contributed by atoms with Crippen LogP contribution in [0.2, 0.25) is 0 Å². The van der Waals surface area contributed by atoms with E-state index >= 15 is 0 Å². The zero-order valence-corrected chi connectivity index (χ0v) is 13.9. The molecule has 1 amide bonds. The van der Waals surface area contributed by atoms with E-state index in [1.807, 2.05) is 30.6 Å². The van der Waals surface area contributed by atoms with E-state index < -0.39 is 0 Å². The van der Waals surface area contributed by atoms with Gasteiger partial charge in [-0.05, 0) is 55.3 Å². The minimum Gasteiger partial charge on any atom is -0.497 e. The summed E-state index contributed by atoms with van der Waals surface area (Å²) in [6.45, 7) is 2.64. The van der Waals surface area contributed by atoms with Crippen molar-refractivity contribution in [2.45, 2.75) is 19.4 Å². The van der Waals surface area contributed by atoms with Crippen LogP contribution in [0.4, 0.5) is 0 Å². The third kappa shape index (κ3) is 3.92. The number of hydrogen-bond acceptors (Lipinski definition) is 4. The van der Waals surface area contributed by atoms with Crippen molar-refractivity contribution in [3.8, 4) is 16.9 Å². The number of nitrogens with two attached hydrogens (primary N) is 1. The molecular formula is C19H23N3O2. The van der Waals surface area contributed by atoms with E-state index in [4.69, 9.17) is 10.5 Å². The average Bonchev–Trinajstić information content (AvgIpc) is 2.62. The number of likely N-dealkylation sites (tertiary alicyclic amines) is 1. The fraction of sp³-hybridized carbons (Fsp3) is 0.368. The van der Waals surface area contributed by atoms with Crippen LogP contribution in [0, 0.1) is 5.92 Å². The molecule has 1 aliphatic rings. The van der Waals surface area contributed by atoms with E-state index in [1.54, 1.807) is 7.11 Å². The van der Waals surface area contributed by atoms with Gasteiger partial charge in [0.2, 0.25) is 5.91 Å². The third-order valence-corrected chi connectivity index (χ3v) is 4.59. The van der Waals surface area contributed by atoms with Gasteiger partial charge in [-0.3, -0.25) is 14.7 Å². The van der Waals surface area contributed by atoms with Gasteiger partial charge < -0.3 is 10.5 Å². The van der Waals surface area contributed by atoms with Gasteiger partial charge in [0.05, 0.1) is 7.11 Å². The topological polar surface area (TPSA) is 68.4 Å². The van der Waals surface area contributed by atoms with E-state index in [-0.39, 0.29) is 11.8 Å². The van der Waals surface area contributed by atoms with E-state index in [0.717, 1.165) is 49.4 Å². The number of benzene rings is 1. The molecule has 5 heteroatoms. The summed E-state index contributed by atoms with van der Waals surface area (Å²) in [4.78, 5) is 18.0. The van der Waals surface area contributed by atoms with Crippen molar-refractivity contribution in [1.29, 1.82) is 0 Å². The van der Waals surface area contributed by atoms with Gasteiger partial charge in [0.1, 0.15) is 5.75 Å². The largest absolute Gasteiger partial charge is 0.497 e. The second-order valence-electron chi connectivity index (χ2n) is 6.27. The van der Waals surface area contributed by atoms with Gasteiger partial charge in [-0.15, -0.1) is 0 Å². The van der Waals surface area contributed by atoms with Gasteiger partial charge in [0, 0.05) is 30.4 Å². The van der Waals surface area contributed by atoms with Crippen molar-refractivity contribution >= 4 is 5.91 Å². The summed E-state index contributed by atoms with van der Waals surface area (Å²) in [5.41, 5.74) is 8.74. The molecule has 0 atom stereocenters. The Morgan fingerprint density at radius 1 is 1.25 bits per heavy atom.